The van der Waals surface area contributed by atoms with Crippen molar-refractivity contribution >= 4 is 39.7 Å². The van der Waals surface area contributed by atoms with Crippen molar-refractivity contribution < 1.29 is 14.7 Å². The van der Waals surface area contributed by atoms with Gasteiger partial charge in [0, 0.05) is 11.6 Å². The lowest BCUT2D eigenvalue weighted by Crippen LogP contribution is -2.09. The molecule has 1 amide bonds. The Bertz CT molecular complexity index is 519. The average molecular weight is 254 g/mol. The number of nitrogens with zero attached hydrogens (tertiary/aromatic N) is 1. The van der Waals surface area contributed by atoms with Crippen molar-refractivity contribution in [3.63, 3.8) is 0 Å². The third kappa shape index (κ3) is 2.26. The lowest BCUT2D eigenvalue weighted by molar-refractivity contribution is 0.0702. The Morgan fingerprint density at radius 2 is 2.06 bits per heavy atom. The molecule has 2 N–H and O–H groups in total. The Morgan fingerprint density at radius 3 is 2.62 bits per heavy atom. The number of aromatic carboxylic acids is 1. The van der Waals surface area contributed by atoms with E-state index in [1.54, 1.807) is 11.6 Å². The van der Waals surface area contributed by atoms with Crippen LogP contribution in [0.25, 0.3) is 0 Å². The highest BCUT2D eigenvalue weighted by molar-refractivity contribution is 7.16. The topological polar surface area (TPSA) is 79.3 Å². The lowest BCUT2D eigenvalue weighted by Gasteiger charge is -1.96. The van der Waals surface area contributed by atoms with E-state index in [2.05, 4.69) is 10.3 Å². The van der Waals surface area contributed by atoms with Crippen LogP contribution in [0, 0.1) is 0 Å². The molecule has 0 aliphatic rings. The fourth-order valence-electron chi connectivity index (χ4n) is 1.02. The number of hydrogen-bond donors (Lipinski definition) is 2. The minimum absolute atomic E-state index is 0.143. The molecule has 0 bridgehead atoms. The largest absolute Gasteiger partial charge is 0.477 e. The molecule has 0 saturated carbocycles. The summed E-state index contributed by atoms with van der Waals surface area (Å²) >= 11 is 2.24. The van der Waals surface area contributed by atoms with Crippen LogP contribution in [0.15, 0.2) is 23.7 Å². The number of thiazole rings is 1. The number of nitrogens with one attached hydrogen (secondary N) is 1. The predicted molar refractivity (Wildman–Crippen MR) is 61.3 cm³/mol. The third-order valence-electron chi connectivity index (χ3n) is 1.69. The molecule has 0 aliphatic carbocycles. The number of rotatable bonds is 3. The van der Waals surface area contributed by atoms with E-state index in [0.29, 0.717) is 10.0 Å². The molecular formula is C9H6N2O3S2. The van der Waals surface area contributed by atoms with Crippen LogP contribution in [-0.4, -0.2) is 22.0 Å². The number of carbonyl (C=O) groups is 2. The van der Waals surface area contributed by atoms with E-state index in [-0.39, 0.29) is 10.8 Å². The van der Waals surface area contributed by atoms with Gasteiger partial charge in [0.1, 0.15) is 4.88 Å². The molecule has 0 aliphatic heterocycles. The summed E-state index contributed by atoms with van der Waals surface area (Å²) in [7, 11) is 0. The number of amides is 1. The first kappa shape index (κ1) is 10.8. The quantitative estimate of drug-likeness (QED) is 0.879. The van der Waals surface area contributed by atoms with Gasteiger partial charge in [-0.25, -0.2) is 9.78 Å². The molecule has 0 saturated heterocycles. The van der Waals surface area contributed by atoms with E-state index >= 15 is 0 Å². The molecule has 82 valence electrons. The van der Waals surface area contributed by atoms with E-state index in [0.717, 1.165) is 11.3 Å². The third-order valence-corrected chi connectivity index (χ3v) is 3.45. The number of anilines is 1. The van der Waals surface area contributed by atoms with Gasteiger partial charge in [-0.3, -0.25) is 10.1 Å². The second-order valence-corrected chi connectivity index (χ2v) is 4.74. The smallest absolute Gasteiger partial charge is 0.345 e. The van der Waals surface area contributed by atoms with Gasteiger partial charge in [0.05, 0.1) is 4.88 Å². The zero-order valence-electron chi connectivity index (χ0n) is 7.84. The molecule has 16 heavy (non-hydrogen) atoms. The Kier molecular flexibility index (Phi) is 2.97. The van der Waals surface area contributed by atoms with Crippen molar-refractivity contribution in [1.82, 2.24) is 4.98 Å². The van der Waals surface area contributed by atoms with Crippen molar-refractivity contribution in [2.45, 2.75) is 0 Å². The van der Waals surface area contributed by atoms with E-state index in [1.165, 1.54) is 23.5 Å². The number of hydrogen-bond acceptors (Lipinski definition) is 5. The first-order valence-corrected chi connectivity index (χ1v) is 5.90. The molecule has 0 aromatic carbocycles. The van der Waals surface area contributed by atoms with Gasteiger partial charge in [-0.05, 0) is 12.1 Å². The summed E-state index contributed by atoms with van der Waals surface area (Å²) in [5.74, 6) is -1.37. The number of carboxylic acids is 1. The molecular weight excluding hydrogens is 248 g/mol. The summed E-state index contributed by atoms with van der Waals surface area (Å²) in [5, 5.41) is 13.5. The van der Waals surface area contributed by atoms with Crippen LogP contribution in [-0.2, 0) is 0 Å². The van der Waals surface area contributed by atoms with Crippen LogP contribution >= 0.6 is 22.7 Å². The van der Waals surface area contributed by atoms with Crippen LogP contribution < -0.4 is 5.32 Å². The number of aromatic nitrogens is 1. The van der Waals surface area contributed by atoms with E-state index in [1.807, 2.05) is 0 Å². The first-order valence-electron chi connectivity index (χ1n) is 4.21. The van der Waals surface area contributed by atoms with Gasteiger partial charge in [-0.1, -0.05) is 0 Å². The minimum Gasteiger partial charge on any atom is -0.477 e. The maximum atomic E-state index is 11.6. The van der Waals surface area contributed by atoms with Crippen molar-refractivity contribution in [3.05, 3.63) is 33.5 Å². The Hall–Kier alpha value is -1.73. The molecule has 0 unspecified atom stereocenters. The van der Waals surface area contributed by atoms with Crippen LogP contribution in [0.4, 0.5) is 5.13 Å². The molecule has 2 rings (SSSR count). The van der Waals surface area contributed by atoms with Gasteiger partial charge in [0.15, 0.2) is 5.13 Å². The lowest BCUT2D eigenvalue weighted by atomic mass is 10.4. The van der Waals surface area contributed by atoms with E-state index in [4.69, 9.17) is 5.11 Å². The summed E-state index contributed by atoms with van der Waals surface area (Å²) < 4.78 is 0. The van der Waals surface area contributed by atoms with Gasteiger partial charge in [-0.15, -0.1) is 22.7 Å². The zero-order chi connectivity index (χ0) is 11.5. The highest BCUT2D eigenvalue weighted by Gasteiger charge is 2.13. The molecule has 0 fully saturated rings. The van der Waals surface area contributed by atoms with Crippen LogP contribution in [0.1, 0.15) is 19.3 Å². The summed E-state index contributed by atoms with van der Waals surface area (Å²) in [5.41, 5.74) is 0. The molecule has 0 spiro atoms. The molecule has 2 aromatic heterocycles. The van der Waals surface area contributed by atoms with Gasteiger partial charge in [0.25, 0.3) is 5.91 Å². The average Bonchev–Trinajstić information content (AvgIpc) is 2.86. The minimum atomic E-state index is -1.03. The van der Waals surface area contributed by atoms with Crippen molar-refractivity contribution in [3.8, 4) is 0 Å². The van der Waals surface area contributed by atoms with Crippen molar-refractivity contribution in [2.24, 2.45) is 0 Å². The van der Waals surface area contributed by atoms with Crippen LogP contribution in [0.5, 0.6) is 0 Å². The SMILES string of the molecule is O=C(O)c1ccc(C(=O)Nc2nccs2)s1. The molecule has 7 heteroatoms. The summed E-state index contributed by atoms with van der Waals surface area (Å²) in [6.45, 7) is 0. The highest BCUT2D eigenvalue weighted by atomic mass is 32.1. The zero-order valence-corrected chi connectivity index (χ0v) is 9.47. The second kappa shape index (κ2) is 4.42. The van der Waals surface area contributed by atoms with Gasteiger partial charge in [0.2, 0.25) is 0 Å². The summed E-state index contributed by atoms with van der Waals surface area (Å²) in [4.78, 5) is 26.6. The van der Waals surface area contributed by atoms with Gasteiger partial charge in [-0.2, -0.15) is 0 Å². The monoisotopic (exact) mass is 254 g/mol. The van der Waals surface area contributed by atoms with Crippen LogP contribution in [0.2, 0.25) is 0 Å². The summed E-state index contributed by atoms with van der Waals surface area (Å²) in [6, 6.07) is 2.89. The Labute approximate surface area is 98.4 Å². The Balaban J connectivity index is 2.12. The first-order chi connectivity index (χ1) is 7.66. The fraction of sp³-hybridized carbons (Fsp3) is 0. The highest BCUT2D eigenvalue weighted by Crippen LogP contribution is 2.19. The van der Waals surface area contributed by atoms with E-state index in [9.17, 15) is 9.59 Å². The number of carboxylic acid groups (broad SMARTS) is 1. The van der Waals surface area contributed by atoms with Crippen LogP contribution in [0.3, 0.4) is 0 Å². The molecule has 2 aromatic rings. The number of carbonyl (C=O) groups excluding carboxylic acids is 1. The van der Waals surface area contributed by atoms with Crippen molar-refractivity contribution in [1.29, 1.82) is 0 Å². The molecule has 0 atom stereocenters. The maximum Gasteiger partial charge on any atom is 0.345 e. The molecule has 5 nitrogen and oxygen atoms in total. The molecule has 2 heterocycles. The van der Waals surface area contributed by atoms with E-state index < -0.39 is 5.97 Å². The van der Waals surface area contributed by atoms with Gasteiger partial charge >= 0.3 is 5.97 Å². The standard InChI is InChI=1S/C9H6N2O3S2/c12-7(11-9-10-3-4-15-9)5-1-2-6(16-5)8(13)14/h1-4H,(H,13,14)(H,10,11,12). The summed E-state index contributed by atoms with van der Waals surface area (Å²) in [6.07, 6.45) is 1.58. The van der Waals surface area contributed by atoms with Gasteiger partial charge < -0.3 is 5.11 Å². The predicted octanol–water partition coefficient (Wildman–Crippen LogP) is 2.16. The van der Waals surface area contributed by atoms with Crippen molar-refractivity contribution in [2.75, 3.05) is 5.32 Å². The Morgan fingerprint density at radius 1 is 1.31 bits per heavy atom. The molecule has 0 radical (unpaired) electrons. The number of thiophene rings is 1. The maximum absolute atomic E-state index is 11.6. The second-order valence-electron chi connectivity index (χ2n) is 2.76. The normalized spacial score (nSPS) is 10.0. The fourth-order valence-corrected chi connectivity index (χ4v) is 2.28.